The molecule has 3 rings (SSSR count). The highest BCUT2D eigenvalue weighted by atomic mass is 16.5. The summed E-state index contributed by atoms with van der Waals surface area (Å²) in [7, 11) is 1.68. The number of aryl methyl sites for hydroxylation is 1. The molecule has 1 aromatic carbocycles. The third kappa shape index (κ3) is 5.96. The third-order valence-corrected chi connectivity index (χ3v) is 4.84. The van der Waals surface area contributed by atoms with E-state index in [4.69, 9.17) is 4.74 Å². The molecule has 0 saturated carbocycles. The molecule has 1 N–H and O–H groups in total. The van der Waals surface area contributed by atoms with Crippen molar-refractivity contribution >= 4 is 6.03 Å². The summed E-state index contributed by atoms with van der Waals surface area (Å²) >= 11 is 0. The van der Waals surface area contributed by atoms with Gasteiger partial charge in [-0.2, -0.15) is 0 Å². The van der Waals surface area contributed by atoms with E-state index in [2.05, 4.69) is 27.3 Å². The number of hydrogen-bond acceptors (Lipinski definition) is 4. The molecule has 2 aromatic rings. The zero-order chi connectivity index (χ0) is 18.9. The van der Waals surface area contributed by atoms with E-state index in [1.54, 1.807) is 13.3 Å². The van der Waals surface area contributed by atoms with Crippen molar-refractivity contribution in [2.75, 3.05) is 39.8 Å². The fourth-order valence-corrected chi connectivity index (χ4v) is 3.29. The van der Waals surface area contributed by atoms with Crippen LogP contribution in [0.5, 0.6) is 5.75 Å². The first-order valence-electron chi connectivity index (χ1n) is 9.51. The molecule has 144 valence electrons. The van der Waals surface area contributed by atoms with Crippen LogP contribution in [0.1, 0.15) is 17.5 Å². The fourth-order valence-electron chi connectivity index (χ4n) is 3.29. The van der Waals surface area contributed by atoms with Crippen molar-refractivity contribution in [2.45, 2.75) is 19.4 Å². The summed E-state index contributed by atoms with van der Waals surface area (Å²) in [4.78, 5) is 20.8. The number of benzene rings is 1. The van der Waals surface area contributed by atoms with Gasteiger partial charge >= 0.3 is 6.03 Å². The number of hydrogen-bond donors (Lipinski definition) is 1. The molecule has 0 bridgehead atoms. The average molecular weight is 368 g/mol. The maximum absolute atomic E-state index is 12.3. The second-order valence-electron chi connectivity index (χ2n) is 6.81. The van der Waals surface area contributed by atoms with Gasteiger partial charge < -0.3 is 15.0 Å². The molecular weight excluding hydrogens is 340 g/mol. The van der Waals surface area contributed by atoms with Gasteiger partial charge in [-0.05, 0) is 42.2 Å². The van der Waals surface area contributed by atoms with E-state index in [9.17, 15) is 4.79 Å². The Kier molecular flexibility index (Phi) is 7.04. The van der Waals surface area contributed by atoms with Crippen LogP contribution in [0.15, 0.2) is 48.8 Å². The summed E-state index contributed by atoms with van der Waals surface area (Å²) in [6, 6.07) is 12.2. The number of amides is 2. The van der Waals surface area contributed by atoms with Crippen LogP contribution in [0.2, 0.25) is 0 Å². The lowest BCUT2D eigenvalue weighted by Crippen LogP contribution is -2.51. The maximum Gasteiger partial charge on any atom is 0.317 e. The number of nitrogens with zero attached hydrogens (tertiary/aromatic N) is 3. The van der Waals surface area contributed by atoms with E-state index in [0.29, 0.717) is 6.54 Å². The number of piperazine rings is 1. The summed E-state index contributed by atoms with van der Waals surface area (Å²) in [6.45, 7) is 4.90. The molecule has 1 aliphatic heterocycles. The number of aromatic nitrogens is 1. The Hall–Kier alpha value is -2.60. The van der Waals surface area contributed by atoms with Gasteiger partial charge in [0.25, 0.3) is 0 Å². The molecule has 1 aliphatic rings. The van der Waals surface area contributed by atoms with E-state index < -0.39 is 0 Å². The quantitative estimate of drug-likeness (QED) is 0.763. The molecule has 2 amide bonds. The van der Waals surface area contributed by atoms with Crippen molar-refractivity contribution in [3.05, 3.63) is 59.9 Å². The number of ether oxygens (including phenoxy) is 1. The van der Waals surface area contributed by atoms with E-state index in [0.717, 1.165) is 51.3 Å². The highest BCUT2D eigenvalue weighted by Gasteiger charge is 2.20. The normalized spacial score (nSPS) is 14.8. The van der Waals surface area contributed by atoms with Crippen molar-refractivity contribution in [3.8, 4) is 5.75 Å². The van der Waals surface area contributed by atoms with Crippen molar-refractivity contribution in [1.82, 2.24) is 20.1 Å². The molecule has 27 heavy (non-hydrogen) atoms. The van der Waals surface area contributed by atoms with Crippen molar-refractivity contribution < 1.29 is 9.53 Å². The minimum absolute atomic E-state index is 0.0432. The first-order chi connectivity index (χ1) is 13.2. The fraction of sp³-hybridized carbons (Fsp3) is 0.429. The first kappa shape index (κ1) is 19.2. The van der Waals surface area contributed by atoms with E-state index in [1.165, 1.54) is 11.1 Å². The minimum Gasteiger partial charge on any atom is -0.497 e. The molecule has 1 saturated heterocycles. The number of rotatable bonds is 7. The van der Waals surface area contributed by atoms with Gasteiger partial charge in [0.2, 0.25) is 0 Å². The summed E-state index contributed by atoms with van der Waals surface area (Å²) in [5, 5.41) is 3.04. The summed E-state index contributed by atoms with van der Waals surface area (Å²) < 4.78 is 5.24. The molecule has 0 atom stereocenters. The van der Waals surface area contributed by atoms with Crippen LogP contribution in [0, 0.1) is 0 Å². The van der Waals surface area contributed by atoms with Gasteiger partial charge in [-0.3, -0.25) is 9.88 Å². The lowest BCUT2D eigenvalue weighted by molar-refractivity contribution is 0.135. The number of urea groups is 1. The summed E-state index contributed by atoms with van der Waals surface area (Å²) in [5.74, 6) is 0.876. The van der Waals surface area contributed by atoms with E-state index in [-0.39, 0.29) is 6.03 Å². The van der Waals surface area contributed by atoms with Gasteiger partial charge in [0.05, 0.1) is 7.11 Å². The second-order valence-corrected chi connectivity index (χ2v) is 6.81. The van der Waals surface area contributed by atoms with Gasteiger partial charge in [-0.1, -0.05) is 18.2 Å². The molecular formula is C21H28N4O2. The Bertz CT molecular complexity index is 715. The SMILES string of the molecule is COc1cccc(CCCNC(=O)N2CCN(Cc3cccnc3)CC2)c1. The number of nitrogens with one attached hydrogen (secondary N) is 1. The number of carbonyl (C=O) groups excluding carboxylic acids is 1. The molecule has 1 aromatic heterocycles. The first-order valence-corrected chi connectivity index (χ1v) is 9.51. The van der Waals surface area contributed by atoms with Crippen molar-refractivity contribution in [3.63, 3.8) is 0 Å². The largest absolute Gasteiger partial charge is 0.497 e. The zero-order valence-electron chi connectivity index (χ0n) is 15.9. The van der Waals surface area contributed by atoms with Crippen LogP contribution < -0.4 is 10.1 Å². The third-order valence-electron chi connectivity index (χ3n) is 4.84. The molecule has 0 unspecified atom stereocenters. The topological polar surface area (TPSA) is 57.7 Å². The lowest BCUT2D eigenvalue weighted by atomic mass is 10.1. The van der Waals surface area contributed by atoms with Crippen LogP contribution in [-0.2, 0) is 13.0 Å². The van der Waals surface area contributed by atoms with Gasteiger partial charge in [0, 0.05) is 51.7 Å². The Balaban J connectivity index is 1.33. The molecule has 0 aliphatic carbocycles. The van der Waals surface area contributed by atoms with Crippen molar-refractivity contribution in [2.24, 2.45) is 0 Å². The van der Waals surface area contributed by atoms with E-state index in [1.807, 2.05) is 35.4 Å². The second kappa shape index (κ2) is 9.92. The highest BCUT2D eigenvalue weighted by Crippen LogP contribution is 2.13. The Labute approximate surface area is 161 Å². The molecule has 0 spiro atoms. The standard InChI is InChI=1S/C21H28N4O2/c1-27-20-8-2-5-18(15-20)6-4-10-23-21(26)25-13-11-24(12-14-25)17-19-7-3-9-22-16-19/h2-3,5,7-9,15-16H,4,6,10-14,17H2,1H3,(H,23,26). The van der Waals surface area contributed by atoms with Crippen LogP contribution in [0.25, 0.3) is 0 Å². The molecule has 0 radical (unpaired) electrons. The Morgan fingerprint density at radius 1 is 1.15 bits per heavy atom. The molecule has 2 heterocycles. The van der Waals surface area contributed by atoms with Gasteiger partial charge in [-0.15, -0.1) is 0 Å². The Morgan fingerprint density at radius 3 is 2.70 bits per heavy atom. The Morgan fingerprint density at radius 2 is 1.96 bits per heavy atom. The number of carbonyl (C=O) groups is 1. The minimum atomic E-state index is 0.0432. The van der Waals surface area contributed by atoms with Crippen LogP contribution in [0.3, 0.4) is 0 Å². The zero-order valence-corrected chi connectivity index (χ0v) is 15.9. The predicted octanol–water partition coefficient (Wildman–Crippen LogP) is 2.55. The monoisotopic (exact) mass is 368 g/mol. The highest BCUT2D eigenvalue weighted by molar-refractivity contribution is 5.74. The van der Waals surface area contributed by atoms with Crippen LogP contribution >= 0.6 is 0 Å². The molecule has 6 nitrogen and oxygen atoms in total. The van der Waals surface area contributed by atoms with Gasteiger partial charge in [0.1, 0.15) is 5.75 Å². The van der Waals surface area contributed by atoms with Gasteiger partial charge in [0.15, 0.2) is 0 Å². The van der Waals surface area contributed by atoms with Crippen molar-refractivity contribution in [1.29, 1.82) is 0 Å². The number of pyridine rings is 1. The van der Waals surface area contributed by atoms with Crippen LogP contribution in [0.4, 0.5) is 4.79 Å². The molecule has 1 fully saturated rings. The number of methoxy groups -OCH3 is 1. The summed E-state index contributed by atoms with van der Waals surface area (Å²) in [6.07, 6.45) is 5.54. The van der Waals surface area contributed by atoms with Crippen LogP contribution in [-0.4, -0.2) is 60.6 Å². The maximum atomic E-state index is 12.3. The smallest absolute Gasteiger partial charge is 0.317 e. The van der Waals surface area contributed by atoms with Gasteiger partial charge in [-0.25, -0.2) is 4.79 Å². The predicted molar refractivity (Wildman–Crippen MR) is 106 cm³/mol. The summed E-state index contributed by atoms with van der Waals surface area (Å²) in [5.41, 5.74) is 2.44. The lowest BCUT2D eigenvalue weighted by Gasteiger charge is -2.34. The van der Waals surface area contributed by atoms with E-state index >= 15 is 0 Å². The average Bonchev–Trinajstić information content (AvgIpc) is 2.72. The molecule has 6 heteroatoms.